The summed E-state index contributed by atoms with van der Waals surface area (Å²) in [6, 6.07) is 13.9. The van der Waals surface area contributed by atoms with E-state index in [9.17, 15) is 9.47 Å². The molecule has 0 aliphatic carbocycles. The molecule has 0 bridgehead atoms. The lowest BCUT2D eigenvalue weighted by molar-refractivity contribution is 0.262. The summed E-state index contributed by atoms with van der Waals surface area (Å²) in [4.78, 5) is 8.44. The standard InChI is InChI=1S/C29H27ClN4O3S/c1-29(2,24-13-22(15-31)27(26(30)14-24)37-19-25-18-36-25)23-9-7-20(8-10-23)5-6-21-16-32-28(33-17-21)34-38(35)11-3-4-12-38/h7-10,13-14,16-17,25H,3-4,11-12,18-19H2,1-2H3. The minimum absolute atomic E-state index is 0.0755. The molecule has 38 heavy (non-hydrogen) atoms. The van der Waals surface area contributed by atoms with Crippen LogP contribution in [0.1, 0.15) is 54.5 Å². The first-order valence-electron chi connectivity index (χ1n) is 12.4. The minimum atomic E-state index is -2.19. The Morgan fingerprint density at radius 2 is 1.76 bits per heavy atom. The van der Waals surface area contributed by atoms with Gasteiger partial charge in [0.15, 0.2) is 5.75 Å². The molecule has 1 atom stereocenters. The lowest BCUT2D eigenvalue weighted by Gasteiger charge is -2.27. The molecule has 3 aromatic rings. The van der Waals surface area contributed by atoms with Crippen LogP contribution in [0.3, 0.4) is 0 Å². The Morgan fingerprint density at radius 3 is 2.39 bits per heavy atom. The van der Waals surface area contributed by atoms with Crippen LogP contribution in [0.15, 0.2) is 53.2 Å². The Morgan fingerprint density at radius 1 is 1.11 bits per heavy atom. The summed E-state index contributed by atoms with van der Waals surface area (Å²) in [6.07, 6.45) is 5.17. The van der Waals surface area contributed by atoms with Gasteiger partial charge in [0.25, 0.3) is 5.95 Å². The zero-order valence-corrected chi connectivity index (χ0v) is 22.8. The van der Waals surface area contributed by atoms with Crippen LogP contribution >= 0.6 is 11.6 Å². The zero-order chi connectivity index (χ0) is 26.8. The average molecular weight is 547 g/mol. The van der Waals surface area contributed by atoms with E-state index >= 15 is 0 Å². The summed E-state index contributed by atoms with van der Waals surface area (Å²) in [5.41, 5.74) is 3.46. The zero-order valence-electron chi connectivity index (χ0n) is 21.2. The molecule has 1 unspecified atom stereocenters. The highest BCUT2D eigenvalue weighted by molar-refractivity contribution is 7.93. The fourth-order valence-corrected chi connectivity index (χ4v) is 6.60. The molecule has 2 aliphatic rings. The van der Waals surface area contributed by atoms with E-state index < -0.39 is 15.1 Å². The molecule has 2 saturated heterocycles. The highest BCUT2D eigenvalue weighted by atomic mass is 35.5. The number of aromatic nitrogens is 2. The molecule has 7 nitrogen and oxygen atoms in total. The molecule has 2 aromatic carbocycles. The van der Waals surface area contributed by atoms with Crippen LogP contribution in [0.2, 0.25) is 5.02 Å². The minimum Gasteiger partial charge on any atom is -0.488 e. The van der Waals surface area contributed by atoms with Crippen molar-refractivity contribution in [2.75, 3.05) is 24.7 Å². The fraction of sp³-hybridized carbons (Fsp3) is 0.345. The highest BCUT2D eigenvalue weighted by Crippen LogP contribution is 2.38. The number of benzene rings is 2. The summed E-state index contributed by atoms with van der Waals surface area (Å²) in [7, 11) is -2.19. The van der Waals surface area contributed by atoms with Crippen molar-refractivity contribution in [3.05, 3.63) is 81.6 Å². The van der Waals surface area contributed by atoms with Crippen LogP contribution < -0.4 is 4.74 Å². The van der Waals surface area contributed by atoms with Crippen LogP contribution in [0.25, 0.3) is 0 Å². The summed E-state index contributed by atoms with van der Waals surface area (Å²) in [5.74, 6) is 8.09. The number of halogens is 1. The quantitative estimate of drug-likeness (QED) is 0.303. The van der Waals surface area contributed by atoms with Gasteiger partial charge in [0.05, 0.1) is 32.5 Å². The molecule has 5 rings (SSSR count). The second-order valence-electron chi connectivity index (χ2n) is 9.92. The third kappa shape index (κ3) is 6.00. The highest BCUT2D eigenvalue weighted by Gasteiger charge is 2.28. The molecular weight excluding hydrogens is 520 g/mol. The Balaban J connectivity index is 1.31. The van der Waals surface area contributed by atoms with E-state index in [4.69, 9.17) is 21.1 Å². The number of ether oxygens (including phenoxy) is 2. The van der Waals surface area contributed by atoms with Gasteiger partial charge in [-0.3, -0.25) is 0 Å². The van der Waals surface area contributed by atoms with Gasteiger partial charge in [0, 0.05) is 34.9 Å². The molecule has 194 valence electrons. The largest absolute Gasteiger partial charge is 0.488 e. The van der Waals surface area contributed by atoms with Gasteiger partial charge in [-0.25, -0.2) is 14.2 Å². The number of epoxide rings is 1. The third-order valence-corrected chi connectivity index (χ3v) is 9.35. The molecule has 3 heterocycles. The second-order valence-corrected chi connectivity index (χ2v) is 12.9. The molecule has 1 aromatic heterocycles. The monoisotopic (exact) mass is 546 g/mol. The van der Waals surface area contributed by atoms with Gasteiger partial charge in [0.1, 0.15) is 18.8 Å². The fourth-order valence-electron chi connectivity index (χ4n) is 4.24. The molecule has 0 spiro atoms. The Kier molecular flexibility index (Phi) is 7.40. The smallest absolute Gasteiger partial charge is 0.257 e. The predicted octanol–water partition coefficient (Wildman–Crippen LogP) is 5.40. The maximum Gasteiger partial charge on any atom is 0.257 e. The Bertz CT molecular complexity index is 1560. The number of nitrogens with zero attached hydrogens (tertiary/aromatic N) is 4. The molecular formula is C29H27ClN4O3S. The maximum atomic E-state index is 12.5. The lowest BCUT2D eigenvalue weighted by Crippen LogP contribution is -2.19. The lowest BCUT2D eigenvalue weighted by atomic mass is 9.77. The summed E-state index contributed by atoms with van der Waals surface area (Å²) in [5, 5.41) is 10.1. The SMILES string of the molecule is CC(C)(c1ccc(C#Cc2cnc(N=S3(=O)CCCC3)nc2)cc1)c1cc(Cl)c(OCC2CO2)c(C#N)c1. The van der Waals surface area contributed by atoms with E-state index in [1.165, 1.54) is 0 Å². The van der Waals surface area contributed by atoms with Crippen molar-refractivity contribution in [2.24, 2.45) is 4.36 Å². The van der Waals surface area contributed by atoms with Crippen molar-refractivity contribution >= 4 is 27.3 Å². The summed E-state index contributed by atoms with van der Waals surface area (Å²) >= 11 is 6.53. The number of rotatable bonds is 6. The maximum absolute atomic E-state index is 12.5. The Hall–Kier alpha value is -3.43. The molecule has 0 amide bonds. The molecule has 0 N–H and O–H groups in total. The number of hydrogen-bond donors (Lipinski definition) is 0. The molecule has 0 radical (unpaired) electrons. The van der Waals surface area contributed by atoms with E-state index in [0.717, 1.165) is 29.5 Å². The van der Waals surface area contributed by atoms with Gasteiger partial charge < -0.3 is 9.47 Å². The molecule has 2 fully saturated rings. The van der Waals surface area contributed by atoms with Gasteiger partial charge in [-0.2, -0.15) is 9.62 Å². The summed E-state index contributed by atoms with van der Waals surface area (Å²) in [6.45, 7) is 5.23. The van der Waals surface area contributed by atoms with Crippen LogP contribution in [-0.2, 0) is 19.9 Å². The van der Waals surface area contributed by atoms with E-state index in [-0.39, 0.29) is 12.1 Å². The van der Waals surface area contributed by atoms with E-state index in [1.54, 1.807) is 12.4 Å². The average Bonchev–Trinajstić information content (AvgIpc) is 3.65. The van der Waals surface area contributed by atoms with Crippen molar-refractivity contribution < 1.29 is 13.7 Å². The van der Waals surface area contributed by atoms with Crippen molar-refractivity contribution in [3.63, 3.8) is 0 Å². The van der Waals surface area contributed by atoms with Gasteiger partial charge >= 0.3 is 0 Å². The van der Waals surface area contributed by atoms with E-state index in [1.807, 2.05) is 36.4 Å². The molecule has 2 aliphatic heterocycles. The Labute approximate surface area is 228 Å². The first kappa shape index (κ1) is 26.2. The molecule has 9 heteroatoms. The summed E-state index contributed by atoms with van der Waals surface area (Å²) < 4.78 is 27.7. The van der Waals surface area contributed by atoms with Crippen molar-refractivity contribution in [3.8, 4) is 23.7 Å². The van der Waals surface area contributed by atoms with Crippen LogP contribution in [-0.4, -0.2) is 45.0 Å². The number of hydrogen-bond acceptors (Lipinski definition) is 7. The van der Waals surface area contributed by atoms with Crippen LogP contribution in [0, 0.1) is 23.2 Å². The van der Waals surface area contributed by atoms with Gasteiger partial charge in [-0.15, -0.1) is 0 Å². The normalized spacial score (nSPS) is 17.7. The van der Waals surface area contributed by atoms with Gasteiger partial charge in [-0.05, 0) is 48.2 Å². The predicted molar refractivity (Wildman–Crippen MR) is 147 cm³/mol. The molecule has 0 saturated carbocycles. The van der Waals surface area contributed by atoms with Gasteiger partial charge in [-0.1, -0.05) is 49.4 Å². The van der Waals surface area contributed by atoms with Crippen molar-refractivity contribution in [1.29, 1.82) is 5.26 Å². The van der Waals surface area contributed by atoms with Crippen LogP contribution in [0.4, 0.5) is 5.95 Å². The third-order valence-electron chi connectivity index (χ3n) is 6.72. The van der Waals surface area contributed by atoms with E-state index in [0.29, 0.717) is 46.6 Å². The number of nitriles is 1. The van der Waals surface area contributed by atoms with Crippen LogP contribution in [0.5, 0.6) is 5.75 Å². The second kappa shape index (κ2) is 10.7. The topological polar surface area (TPSA) is 101 Å². The van der Waals surface area contributed by atoms with E-state index in [2.05, 4.69) is 46.1 Å². The first-order valence-corrected chi connectivity index (χ1v) is 14.6. The van der Waals surface area contributed by atoms with Crippen molar-refractivity contribution in [1.82, 2.24) is 9.97 Å². The first-order chi connectivity index (χ1) is 18.3. The van der Waals surface area contributed by atoms with Crippen molar-refractivity contribution in [2.45, 2.75) is 38.2 Å². The van der Waals surface area contributed by atoms with Gasteiger partial charge in [0.2, 0.25) is 0 Å².